The minimum atomic E-state index is -1.04. The van der Waals surface area contributed by atoms with Crippen LogP contribution in [-0.2, 0) is 15.6 Å². The Morgan fingerprint density at radius 2 is 1.92 bits per heavy atom. The molecule has 1 saturated heterocycles. The molecule has 1 heterocycles. The molecule has 0 bridgehead atoms. The monoisotopic (exact) mass is 350 g/mol. The first-order valence-electron chi connectivity index (χ1n) is 8.44. The van der Waals surface area contributed by atoms with Crippen LogP contribution in [0.15, 0.2) is 40.2 Å². The fourth-order valence-electron chi connectivity index (χ4n) is 2.51. The molecule has 7 heteroatoms. The second-order valence-corrected chi connectivity index (χ2v) is 7.14. The Hall–Kier alpha value is -1.89. The zero-order valence-electron chi connectivity index (χ0n) is 14.2. The third-order valence-electron chi connectivity index (χ3n) is 3.76. The molecule has 132 valence electrons. The number of likely N-dealkylation sites (tertiary alicyclic amines) is 1. The van der Waals surface area contributed by atoms with Crippen LogP contribution < -0.4 is 10.6 Å². The van der Waals surface area contributed by atoms with Crippen LogP contribution in [0.3, 0.4) is 0 Å². The minimum absolute atomic E-state index is 0.0672. The first-order valence-corrected chi connectivity index (χ1v) is 9.76. The van der Waals surface area contributed by atoms with Gasteiger partial charge < -0.3 is 15.5 Å². The van der Waals surface area contributed by atoms with E-state index in [9.17, 15) is 9.00 Å². The van der Waals surface area contributed by atoms with Gasteiger partial charge >= 0.3 is 0 Å². The van der Waals surface area contributed by atoms with Crippen LogP contribution in [0.25, 0.3) is 0 Å². The molecule has 1 aliphatic heterocycles. The number of hydrogen-bond acceptors (Lipinski definition) is 3. The molecule has 1 aliphatic rings. The van der Waals surface area contributed by atoms with Crippen LogP contribution in [0.5, 0.6) is 0 Å². The van der Waals surface area contributed by atoms with Gasteiger partial charge in [-0.2, -0.15) is 0 Å². The van der Waals surface area contributed by atoms with Gasteiger partial charge in [-0.15, -0.1) is 0 Å². The van der Waals surface area contributed by atoms with Crippen molar-refractivity contribution in [1.29, 1.82) is 0 Å². The van der Waals surface area contributed by atoms with E-state index < -0.39 is 10.8 Å². The highest BCUT2D eigenvalue weighted by atomic mass is 32.2. The van der Waals surface area contributed by atoms with E-state index in [0.29, 0.717) is 24.8 Å². The zero-order chi connectivity index (χ0) is 17.2. The van der Waals surface area contributed by atoms with Crippen LogP contribution in [0.2, 0.25) is 0 Å². The molecular weight excluding hydrogens is 324 g/mol. The molecule has 1 atom stereocenters. The molecule has 2 rings (SSSR count). The summed E-state index contributed by atoms with van der Waals surface area (Å²) in [5, 5.41) is 6.25. The van der Waals surface area contributed by atoms with Crippen LogP contribution in [-0.4, -0.2) is 59.5 Å². The molecule has 0 aliphatic carbocycles. The largest absolute Gasteiger partial charge is 0.357 e. The summed E-state index contributed by atoms with van der Waals surface area (Å²) >= 11 is 0. The van der Waals surface area contributed by atoms with Gasteiger partial charge in [-0.1, -0.05) is 18.2 Å². The average Bonchev–Trinajstić information content (AvgIpc) is 3.14. The molecule has 0 radical (unpaired) electrons. The van der Waals surface area contributed by atoms with Crippen LogP contribution >= 0.6 is 0 Å². The lowest BCUT2D eigenvalue weighted by molar-refractivity contribution is -0.128. The zero-order valence-corrected chi connectivity index (χ0v) is 15.0. The highest BCUT2D eigenvalue weighted by molar-refractivity contribution is 7.85. The minimum Gasteiger partial charge on any atom is -0.357 e. The van der Waals surface area contributed by atoms with Gasteiger partial charge in [0.1, 0.15) is 6.54 Å². The van der Waals surface area contributed by atoms with E-state index in [1.54, 1.807) is 0 Å². The van der Waals surface area contributed by atoms with Crippen LogP contribution in [0.4, 0.5) is 0 Å². The van der Waals surface area contributed by atoms with Crippen molar-refractivity contribution in [2.24, 2.45) is 4.99 Å². The van der Waals surface area contributed by atoms with Gasteiger partial charge in [0.15, 0.2) is 5.96 Å². The second-order valence-electron chi connectivity index (χ2n) is 5.57. The molecule has 1 unspecified atom stereocenters. The molecule has 0 saturated carbocycles. The third-order valence-corrected chi connectivity index (χ3v) is 5.13. The topological polar surface area (TPSA) is 73.8 Å². The number of guanidine groups is 1. The van der Waals surface area contributed by atoms with Crippen molar-refractivity contribution in [3.05, 3.63) is 30.3 Å². The van der Waals surface area contributed by atoms with Gasteiger partial charge in [0.2, 0.25) is 5.91 Å². The Kier molecular flexibility index (Phi) is 7.74. The maximum atomic E-state index is 12.2. The van der Waals surface area contributed by atoms with Crippen molar-refractivity contribution in [3.8, 4) is 0 Å². The van der Waals surface area contributed by atoms with Gasteiger partial charge in [0.25, 0.3) is 0 Å². The van der Waals surface area contributed by atoms with E-state index in [1.807, 2.05) is 42.2 Å². The van der Waals surface area contributed by atoms with E-state index in [2.05, 4.69) is 15.6 Å². The summed E-state index contributed by atoms with van der Waals surface area (Å²) in [7, 11) is -1.04. The molecule has 24 heavy (non-hydrogen) atoms. The van der Waals surface area contributed by atoms with Gasteiger partial charge in [0, 0.05) is 36.8 Å². The van der Waals surface area contributed by atoms with Crippen molar-refractivity contribution < 1.29 is 9.00 Å². The highest BCUT2D eigenvalue weighted by Gasteiger charge is 2.17. The standard InChI is InChI=1S/C17H26N4O2S/c1-2-18-17(20-14-16(22)21-11-6-7-12-21)19-10-13-24(23)15-8-4-3-5-9-15/h3-5,8-9H,2,6-7,10-14H2,1H3,(H2,18,19,20). The van der Waals surface area contributed by atoms with Gasteiger partial charge in [-0.05, 0) is 31.9 Å². The van der Waals surface area contributed by atoms with E-state index in [0.717, 1.165) is 30.8 Å². The first-order chi connectivity index (χ1) is 11.7. The first kappa shape index (κ1) is 18.4. The van der Waals surface area contributed by atoms with E-state index in [-0.39, 0.29) is 12.5 Å². The summed E-state index contributed by atoms with van der Waals surface area (Å²) in [5.74, 6) is 1.15. The predicted molar refractivity (Wildman–Crippen MR) is 97.5 cm³/mol. The lowest BCUT2D eigenvalue weighted by atomic mass is 10.4. The number of carbonyl (C=O) groups excluding carboxylic acids is 1. The van der Waals surface area contributed by atoms with Crippen LogP contribution in [0.1, 0.15) is 19.8 Å². The summed E-state index contributed by atoms with van der Waals surface area (Å²) in [5.41, 5.74) is 0. The molecule has 0 spiro atoms. The number of aliphatic imine (C=N–C) groups is 1. The fraction of sp³-hybridized carbons (Fsp3) is 0.529. The summed E-state index contributed by atoms with van der Waals surface area (Å²) in [6, 6.07) is 9.41. The Morgan fingerprint density at radius 1 is 1.21 bits per heavy atom. The number of benzene rings is 1. The number of nitrogens with zero attached hydrogens (tertiary/aromatic N) is 2. The number of nitrogens with one attached hydrogen (secondary N) is 2. The number of rotatable bonds is 7. The van der Waals surface area contributed by atoms with E-state index in [4.69, 9.17) is 0 Å². The average molecular weight is 350 g/mol. The molecule has 0 aromatic heterocycles. The Labute approximate surface area is 146 Å². The van der Waals surface area contributed by atoms with Crippen molar-refractivity contribution in [3.63, 3.8) is 0 Å². The van der Waals surface area contributed by atoms with Gasteiger partial charge in [-0.3, -0.25) is 9.00 Å². The van der Waals surface area contributed by atoms with Crippen molar-refractivity contribution in [2.45, 2.75) is 24.7 Å². The van der Waals surface area contributed by atoms with Crippen LogP contribution in [0, 0.1) is 0 Å². The normalized spacial score (nSPS) is 16.0. The fourth-order valence-corrected chi connectivity index (χ4v) is 3.49. The van der Waals surface area contributed by atoms with Gasteiger partial charge in [0.05, 0.1) is 10.8 Å². The Morgan fingerprint density at radius 3 is 2.58 bits per heavy atom. The maximum Gasteiger partial charge on any atom is 0.244 e. The van der Waals surface area contributed by atoms with E-state index >= 15 is 0 Å². The highest BCUT2D eigenvalue weighted by Crippen LogP contribution is 2.07. The lowest BCUT2D eigenvalue weighted by Crippen LogP contribution is -2.40. The van der Waals surface area contributed by atoms with Crippen molar-refractivity contribution in [2.75, 3.05) is 38.5 Å². The summed E-state index contributed by atoms with van der Waals surface area (Å²) in [6.45, 7) is 5.05. The van der Waals surface area contributed by atoms with E-state index in [1.165, 1.54) is 0 Å². The molecule has 1 aromatic rings. The molecule has 2 N–H and O–H groups in total. The number of hydrogen-bond donors (Lipinski definition) is 2. The summed E-state index contributed by atoms with van der Waals surface area (Å²) in [4.78, 5) is 19.1. The molecule has 1 aromatic carbocycles. The lowest BCUT2D eigenvalue weighted by Gasteiger charge is -2.15. The smallest absolute Gasteiger partial charge is 0.244 e. The number of amides is 1. The predicted octanol–water partition coefficient (Wildman–Crippen LogP) is 0.972. The summed E-state index contributed by atoms with van der Waals surface area (Å²) in [6.07, 6.45) is 2.16. The quantitative estimate of drug-likeness (QED) is 0.568. The number of carbonyl (C=O) groups is 1. The molecule has 6 nitrogen and oxygen atoms in total. The second kappa shape index (κ2) is 10.1. The molecular formula is C17H26N4O2S. The molecule has 1 amide bonds. The maximum absolute atomic E-state index is 12.2. The SMILES string of the molecule is CCNC(=NCC(=O)N1CCCC1)NCCS(=O)c1ccccc1. The third kappa shape index (κ3) is 5.96. The summed E-state index contributed by atoms with van der Waals surface area (Å²) < 4.78 is 12.2. The Bertz CT molecular complexity index is 571. The van der Waals surface area contributed by atoms with Gasteiger partial charge in [-0.25, -0.2) is 4.99 Å². The molecule has 1 fully saturated rings. The Balaban J connectivity index is 1.78. The van der Waals surface area contributed by atoms with Crippen molar-refractivity contribution >= 4 is 22.7 Å². The van der Waals surface area contributed by atoms with Crippen molar-refractivity contribution in [1.82, 2.24) is 15.5 Å².